The van der Waals surface area contributed by atoms with E-state index in [2.05, 4.69) is 0 Å². The van der Waals surface area contributed by atoms with Gasteiger partial charge in [-0.1, -0.05) is 35.3 Å². The van der Waals surface area contributed by atoms with E-state index in [0.29, 0.717) is 34.4 Å². The van der Waals surface area contributed by atoms with Crippen molar-refractivity contribution in [2.24, 2.45) is 5.73 Å². The molecular weight excluding hydrogens is 416 g/mol. The fraction of sp³-hybridized carbons (Fsp3) is 0.368. The third-order valence-electron chi connectivity index (χ3n) is 4.43. The van der Waals surface area contributed by atoms with Crippen LogP contribution < -0.4 is 10.5 Å². The average Bonchev–Trinajstić information content (AvgIpc) is 2.65. The molecule has 3 N–H and O–H groups in total. The van der Waals surface area contributed by atoms with Gasteiger partial charge in [0.2, 0.25) is 0 Å². The van der Waals surface area contributed by atoms with Crippen LogP contribution >= 0.6 is 35.6 Å². The third-order valence-corrected chi connectivity index (χ3v) is 5.17. The second kappa shape index (κ2) is 9.92. The first-order valence-corrected chi connectivity index (χ1v) is 9.13. The molecule has 0 saturated carbocycles. The number of halogens is 4. The van der Waals surface area contributed by atoms with Gasteiger partial charge in [0.15, 0.2) is 11.6 Å². The first-order chi connectivity index (χ1) is 12.5. The molecule has 0 unspecified atom stereocenters. The lowest BCUT2D eigenvalue weighted by Gasteiger charge is -2.24. The van der Waals surface area contributed by atoms with Crippen molar-refractivity contribution >= 4 is 35.6 Å². The molecule has 1 heterocycles. The SMILES string of the molecule is Cl.N[C@H](c1ccc(Cl)c(Cl)c1)[C@@H](O)c1ccc(OC2CCOCC2)c(F)c1. The van der Waals surface area contributed by atoms with Gasteiger partial charge in [-0.25, -0.2) is 4.39 Å². The van der Waals surface area contributed by atoms with Gasteiger partial charge in [0, 0.05) is 12.8 Å². The van der Waals surface area contributed by atoms with E-state index >= 15 is 0 Å². The number of aliphatic hydroxyl groups excluding tert-OH is 1. The predicted molar refractivity (Wildman–Crippen MR) is 106 cm³/mol. The van der Waals surface area contributed by atoms with Crippen LogP contribution in [-0.4, -0.2) is 24.4 Å². The summed E-state index contributed by atoms with van der Waals surface area (Å²) in [6.45, 7) is 1.23. The standard InChI is InChI=1S/C19H20Cl2FNO3.ClH/c20-14-3-1-11(9-15(14)21)18(23)19(24)12-2-4-17(16(22)10-12)26-13-5-7-25-8-6-13;/h1-4,9-10,13,18-19,24H,5-8,23H2;1H/t18-,19+;/m1./s1. The average molecular weight is 437 g/mol. The van der Waals surface area contributed by atoms with Crippen LogP contribution in [0.5, 0.6) is 5.75 Å². The summed E-state index contributed by atoms with van der Waals surface area (Å²) in [4.78, 5) is 0. The summed E-state index contributed by atoms with van der Waals surface area (Å²) in [6, 6.07) is 8.49. The van der Waals surface area contributed by atoms with Crippen LogP contribution in [0.1, 0.15) is 36.1 Å². The van der Waals surface area contributed by atoms with Gasteiger partial charge < -0.3 is 20.3 Å². The highest BCUT2D eigenvalue weighted by molar-refractivity contribution is 6.42. The molecule has 0 aromatic heterocycles. The Labute approximate surface area is 173 Å². The molecule has 0 radical (unpaired) electrons. The third kappa shape index (κ3) is 5.47. The summed E-state index contributed by atoms with van der Waals surface area (Å²) in [7, 11) is 0. The number of nitrogens with two attached hydrogens (primary N) is 1. The van der Waals surface area contributed by atoms with Crippen molar-refractivity contribution in [1.29, 1.82) is 0 Å². The van der Waals surface area contributed by atoms with Crippen LogP contribution in [0.2, 0.25) is 10.0 Å². The van der Waals surface area contributed by atoms with Crippen molar-refractivity contribution < 1.29 is 19.0 Å². The van der Waals surface area contributed by atoms with E-state index in [4.69, 9.17) is 38.4 Å². The molecule has 0 aliphatic carbocycles. The lowest BCUT2D eigenvalue weighted by atomic mass is 9.96. The van der Waals surface area contributed by atoms with E-state index in [1.165, 1.54) is 12.1 Å². The van der Waals surface area contributed by atoms with Crippen LogP contribution in [0.3, 0.4) is 0 Å². The zero-order valence-electron chi connectivity index (χ0n) is 14.4. The maximum Gasteiger partial charge on any atom is 0.165 e. The normalized spacial score (nSPS) is 17.1. The highest BCUT2D eigenvalue weighted by Gasteiger charge is 2.22. The number of benzene rings is 2. The summed E-state index contributed by atoms with van der Waals surface area (Å²) in [6.07, 6.45) is 0.296. The van der Waals surface area contributed by atoms with Crippen LogP contribution in [0, 0.1) is 5.82 Å². The number of hydrogen-bond donors (Lipinski definition) is 2. The summed E-state index contributed by atoms with van der Waals surface area (Å²) < 4.78 is 25.4. The molecule has 1 saturated heterocycles. The molecule has 1 fully saturated rings. The van der Waals surface area contributed by atoms with Gasteiger partial charge in [-0.2, -0.15) is 0 Å². The molecule has 4 nitrogen and oxygen atoms in total. The van der Waals surface area contributed by atoms with Crippen molar-refractivity contribution in [1.82, 2.24) is 0 Å². The fourth-order valence-corrected chi connectivity index (χ4v) is 3.19. The first kappa shape index (κ1) is 22.2. The Morgan fingerprint density at radius 2 is 1.74 bits per heavy atom. The van der Waals surface area contributed by atoms with Crippen molar-refractivity contribution in [3.8, 4) is 5.75 Å². The van der Waals surface area contributed by atoms with Crippen LogP contribution in [0.25, 0.3) is 0 Å². The second-order valence-electron chi connectivity index (χ2n) is 6.26. The zero-order valence-corrected chi connectivity index (χ0v) is 16.7. The minimum absolute atomic E-state index is 0. The van der Waals surface area contributed by atoms with E-state index in [9.17, 15) is 9.50 Å². The zero-order chi connectivity index (χ0) is 18.7. The monoisotopic (exact) mass is 435 g/mol. The predicted octanol–water partition coefficient (Wildman–Crippen LogP) is 4.85. The number of ether oxygens (including phenoxy) is 2. The quantitative estimate of drug-likeness (QED) is 0.703. The summed E-state index contributed by atoms with van der Waals surface area (Å²) in [5.41, 5.74) is 7.08. The molecule has 2 aromatic carbocycles. The molecule has 0 bridgehead atoms. The van der Waals surface area contributed by atoms with Gasteiger partial charge in [-0.3, -0.25) is 0 Å². The maximum atomic E-state index is 14.4. The number of rotatable bonds is 5. The van der Waals surface area contributed by atoms with E-state index in [0.717, 1.165) is 12.8 Å². The number of hydrogen-bond acceptors (Lipinski definition) is 4. The smallest absolute Gasteiger partial charge is 0.165 e. The van der Waals surface area contributed by atoms with Gasteiger partial charge in [0.1, 0.15) is 6.10 Å². The molecule has 3 rings (SSSR count). The summed E-state index contributed by atoms with van der Waals surface area (Å²) >= 11 is 11.9. The Morgan fingerprint density at radius 1 is 1.07 bits per heavy atom. The van der Waals surface area contributed by atoms with E-state index in [1.807, 2.05) is 0 Å². The molecule has 0 amide bonds. The van der Waals surface area contributed by atoms with E-state index in [-0.39, 0.29) is 24.3 Å². The number of aliphatic hydroxyl groups is 1. The van der Waals surface area contributed by atoms with Gasteiger partial charge in [-0.15, -0.1) is 12.4 Å². The fourth-order valence-electron chi connectivity index (χ4n) is 2.88. The Kier molecular flexibility index (Phi) is 8.16. The largest absolute Gasteiger partial charge is 0.487 e. The van der Waals surface area contributed by atoms with Crippen LogP contribution in [0.15, 0.2) is 36.4 Å². The first-order valence-electron chi connectivity index (χ1n) is 8.38. The molecular formula is C19H21Cl3FNO3. The van der Waals surface area contributed by atoms with Gasteiger partial charge in [0.25, 0.3) is 0 Å². The molecule has 148 valence electrons. The van der Waals surface area contributed by atoms with Crippen LogP contribution in [0.4, 0.5) is 4.39 Å². The molecule has 1 aliphatic rings. The Balaban J connectivity index is 0.00000261. The summed E-state index contributed by atoms with van der Waals surface area (Å²) in [5, 5.41) is 11.3. The highest BCUT2D eigenvalue weighted by atomic mass is 35.5. The molecule has 2 atom stereocenters. The Morgan fingerprint density at radius 3 is 2.37 bits per heavy atom. The summed E-state index contributed by atoms with van der Waals surface area (Å²) in [5.74, 6) is -0.370. The Hall–Kier alpha value is -1.08. The highest BCUT2D eigenvalue weighted by Crippen LogP contribution is 2.33. The minimum atomic E-state index is -1.10. The van der Waals surface area contributed by atoms with E-state index < -0.39 is 18.0 Å². The topological polar surface area (TPSA) is 64.7 Å². The maximum absolute atomic E-state index is 14.4. The molecule has 27 heavy (non-hydrogen) atoms. The second-order valence-corrected chi connectivity index (χ2v) is 7.08. The lowest BCUT2D eigenvalue weighted by molar-refractivity contribution is 0.0240. The van der Waals surface area contributed by atoms with Gasteiger partial charge in [-0.05, 0) is 35.4 Å². The van der Waals surface area contributed by atoms with Crippen molar-refractivity contribution in [3.63, 3.8) is 0 Å². The molecule has 2 aromatic rings. The van der Waals surface area contributed by atoms with Crippen LogP contribution in [-0.2, 0) is 4.74 Å². The molecule has 1 aliphatic heterocycles. The lowest BCUT2D eigenvalue weighted by Crippen LogP contribution is -2.26. The van der Waals surface area contributed by atoms with Crippen molar-refractivity contribution in [2.45, 2.75) is 31.1 Å². The van der Waals surface area contributed by atoms with Crippen molar-refractivity contribution in [2.75, 3.05) is 13.2 Å². The van der Waals surface area contributed by atoms with Gasteiger partial charge >= 0.3 is 0 Å². The molecule has 0 spiro atoms. The Bertz CT molecular complexity index is 772. The van der Waals surface area contributed by atoms with Crippen molar-refractivity contribution in [3.05, 3.63) is 63.4 Å². The molecule has 8 heteroatoms. The minimum Gasteiger partial charge on any atom is -0.487 e. The van der Waals surface area contributed by atoms with Gasteiger partial charge in [0.05, 0.1) is 35.4 Å². The van der Waals surface area contributed by atoms with E-state index in [1.54, 1.807) is 24.3 Å².